The van der Waals surface area contributed by atoms with Gasteiger partial charge in [0.05, 0.1) is 18.1 Å². The molecule has 8 heteroatoms. The van der Waals surface area contributed by atoms with Crippen molar-refractivity contribution in [2.75, 3.05) is 13.3 Å². The molecule has 0 aliphatic heterocycles. The summed E-state index contributed by atoms with van der Waals surface area (Å²) in [7, 11) is -2.10. The molecule has 2 atom stereocenters. The standard InChI is InChI=1S/C9H15NO6S/c1-10(17(2,15)16)5-3-6(8(11)12)7(4-5)9(13)14/h5-7H,3-4H2,1-2H3,(H,11,12)(H,13,14). The van der Waals surface area contributed by atoms with Gasteiger partial charge < -0.3 is 10.2 Å². The summed E-state index contributed by atoms with van der Waals surface area (Å²) < 4.78 is 23.7. The first-order chi connectivity index (χ1) is 7.64. The number of carbonyl (C=O) groups is 2. The number of carboxylic acid groups (broad SMARTS) is 2. The fourth-order valence-corrected chi connectivity index (χ4v) is 2.84. The lowest BCUT2D eigenvalue weighted by Crippen LogP contribution is -2.35. The Morgan fingerprint density at radius 1 is 1.12 bits per heavy atom. The van der Waals surface area contributed by atoms with Gasteiger partial charge in [-0.1, -0.05) is 0 Å². The van der Waals surface area contributed by atoms with Crippen LogP contribution in [0.5, 0.6) is 0 Å². The topological polar surface area (TPSA) is 112 Å². The van der Waals surface area contributed by atoms with Crippen LogP contribution in [-0.4, -0.2) is 54.2 Å². The minimum absolute atomic E-state index is 0.0376. The van der Waals surface area contributed by atoms with E-state index in [2.05, 4.69) is 0 Å². The van der Waals surface area contributed by atoms with Crippen molar-refractivity contribution in [3.8, 4) is 0 Å². The zero-order chi connectivity index (χ0) is 13.4. The van der Waals surface area contributed by atoms with E-state index < -0.39 is 39.8 Å². The van der Waals surface area contributed by atoms with E-state index in [4.69, 9.17) is 10.2 Å². The number of nitrogens with zero attached hydrogens (tertiary/aromatic N) is 1. The van der Waals surface area contributed by atoms with Crippen molar-refractivity contribution >= 4 is 22.0 Å². The van der Waals surface area contributed by atoms with Gasteiger partial charge in [0.1, 0.15) is 0 Å². The van der Waals surface area contributed by atoms with Gasteiger partial charge >= 0.3 is 11.9 Å². The second-order valence-corrected chi connectivity index (χ2v) is 6.34. The molecule has 2 N–H and O–H groups in total. The Hall–Kier alpha value is -1.15. The molecule has 98 valence electrons. The highest BCUT2D eigenvalue weighted by Crippen LogP contribution is 2.35. The molecular formula is C9H15NO6S. The van der Waals surface area contributed by atoms with Crippen LogP contribution in [0.1, 0.15) is 12.8 Å². The van der Waals surface area contributed by atoms with Crippen molar-refractivity contribution in [2.45, 2.75) is 18.9 Å². The van der Waals surface area contributed by atoms with Crippen LogP contribution in [0.4, 0.5) is 0 Å². The van der Waals surface area contributed by atoms with Gasteiger partial charge in [-0.15, -0.1) is 0 Å². The van der Waals surface area contributed by atoms with Gasteiger partial charge in [0.2, 0.25) is 10.0 Å². The van der Waals surface area contributed by atoms with Crippen molar-refractivity contribution in [3.63, 3.8) is 0 Å². The third-order valence-corrected chi connectivity index (χ3v) is 4.55. The minimum atomic E-state index is -3.44. The van der Waals surface area contributed by atoms with Crippen LogP contribution in [0.15, 0.2) is 0 Å². The molecule has 0 aromatic heterocycles. The van der Waals surface area contributed by atoms with Gasteiger partial charge in [0.25, 0.3) is 0 Å². The van der Waals surface area contributed by atoms with Crippen molar-refractivity contribution in [1.82, 2.24) is 4.31 Å². The molecule has 1 aliphatic rings. The third-order valence-electron chi connectivity index (χ3n) is 3.21. The molecular weight excluding hydrogens is 250 g/mol. The molecule has 0 saturated heterocycles. The van der Waals surface area contributed by atoms with Crippen molar-refractivity contribution in [2.24, 2.45) is 11.8 Å². The zero-order valence-electron chi connectivity index (χ0n) is 9.53. The maximum Gasteiger partial charge on any atom is 0.307 e. The summed E-state index contributed by atoms with van der Waals surface area (Å²) in [6.45, 7) is 0. The molecule has 0 bridgehead atoms. The Morgan fingerprint density at radius 2 is 1.47 bits per heavy atom. The smallest absolute Gasteiger partial charge is 0.307 e. The molecule has 17 heavy (non-hydrogen) atoms. The first-order valence-corrected chi connectivity index (χ1v) is 6.88. The highest BCUT2D eigenvalue weighted by atomic mass is 32.2. The first-order valence-electron chi connectivity index (χ1n) is 5.03. The van der Waals surface area contributed by atoms with Crippen LogP contribution in [0.25, 0.3) is 0 Å². The molecule has 0 aromatic carbocycles. The average molecular weight is 265 g/mol. The van der Waals surface area contributed by atoms with Crippen LogP contribution in [0.2, 0.25) is 0 Å². The average Bonchev–Trinajstić information content (AvgIpc) is 2.59. The molecule has 1 saturated carbocycles. The van der Waals surface area contributed by atoms with E-state index in [9.17, 15) is 18.0 Å². The van der Waals surface area contributed by atoms with E-state index in [1.54, 1.807) is 0 Å². The maximum atomic E-state index is 11.3. The van der Waals surface area contributed by atoms with E-state index in [0.29, 0.717) is 0 Å². The van der Waals surface area contributed by atoms with Crippen LogP contribution >= 0.6 is 0 Å². The number of hydrogen-bond donors (Lipinski definition) is 2. The second kappa shape index (κ2) is 4.61. The fraction of sp³-hybridized carbons (Fsp3) is 0.778. The molecule has 7 nitrogen and oxygen atoms in total. The lowest BCUT2D eigenvalue weighted by molar-refractivity contribution is -0.152. The number of aliphatic carboxylic acids is 2. The lowest BCUT2D eigenvalue weighted by atomic mass is 9.97. The molecule has 0 spiro atoms. The van der Waals surface area contributed by atoms with E-state index in [-0.39, 0.29) is 12.8 Å². The lowest BCUT2D eigenvalue weighted by Gasteiger charge is -2.21. The Bertz CT molecular complexity index is 409. The Morgan fingerprint density at radius 3 is 1.71 bits per heavy atom. The summed E-state index contributed by atoms with van der Waals surface area (Å²) in [6, 6.07) is -0.563. The largest absolute Gasteiger partial charge is 0.481 e. The third kappa shape index (κ3) is 2.95. The number of rotatable bonds is 4. The Labute approximate surface area is 99.1 Å². The Balaban J connectivity index is 2.90. The van der Waals surface area contributed by atoms with Crippen LogP contribution in [0.3, 0.4) is 0 Å². The molecule has 1 fully saturated rings. The molecule has 2 unspecified atom stereocenters. The number of hydrogen-bond acceptors (Lipinski definition) is 4. The number of carboxylic acids is 2. The van der Waals surface area contributed by atoms with E-state index in [1.165, 1.54) is 7.05 Å². The normalized spacial score (nSPS) is 29.5. The van der Waals surface area contributed by atoms with Gasteiger partial charge in [-0.25, -0.2) is 12.7 Å². The fourth-order valence-electron chi connectivity index (χ4n) is 2.12. The predicted molar refractivity (Wildman–Crippen MR) is 57.9 cm³/mol. The summed E-state index contributed by atoms with van der Waals surface area (Å²) in [5.74, 6) is -4.44. The van der Waals surface area contributed by atoms with E-state index >= 15 is 0 Å². The summed E-state index contributed by atoms with van der Waals surface area (Å²) in [4.78, 5) is 21.8. The predicted octanol–water partition coefficient (Wildman–Crippen LogP) is -0.558. The molecule has 1 rings (SSSR count). The molecule has 0 heterocycles. The van der Waals surface area contributed by atoms with Crippen molar-refractivity contribution in [3.05, 3.63) is 0 Å². The highest BCUT2D eigenvalue weighted by molar-refractivity contribution is 7.88. The molecule has 1 aliphatic carbocycles. The van der Waals surface area contributed by atoms with E-state index in [0.717, 1.165) is 10.6 Å². The maximum absolute atomic E-state index is 11.3. The van der Waals surface area contributed by atoms with E-state index in [1.807, 2.05) is 0 Å². The quantitative estimate of drug-likeness (QED) is 0.704. The van der Waals surface area contributed by atoms with Crippen molar-refractivity contribution < 1.29 is 28.2 Å². The van der Waals surface area contributed by atoms with Gasteiger partial charge in [-0.05, 0) is 12.8 Å². The van der Waals surface area contributed by atoms with Crippen molar-refractivity contribution in [1.29, 1.82) is 0 Å². The zero-order valence-corrected chi connectivity index (χ0v) is 10.3. The molecule has 0 aromatic rings. The van der Waals surface area contributed by atoms with Gasteiger partial charge in [-0.3, -0.25) is 9.59 Å². The molecule has 0 amide bonds. The monoisotopic (exact) mass is 265 g/mol. The van der Waals surface area contributed by atoms with Crippen LogP contribution in [-0.2, 0) is 19.6 Å². The SMILES string of the molecule is CN(C1CC(C(=O)O)C(C(=O)O)C1)S(C)(=O)=O. The number of sulfonamides is 1. The van der Waals surface area contributed by atoms with Gasteiger partial charge in [-0.2, -0.15) is 0 Å². The Kier molecular flexibility index (Phi) is 3.78. The van der Waals surface area contributed by atoms with Gasteiger partial charge in [0, 0.05) is 13.1 Å². The second-order valence-electron chi connectivity index (χ2n) is 4.29. The summed E-state index contributed by atoms with van der Waals surface area (Å²) in [5.41, 5.74) is 0. The molecule has 0 radical (unpaired) electrons. The highest BCUT2D eigenvalue weighted by Gasteiger charge is 2.45. The van der Waals surface area contributed by atoms with Gasteiger partial charge in [0.15, 0.2) is 0 Å². The van der Waals surface area contributed by atoms with Crippen LogP contribution < -0.4 is 0 Å². The summed E-state index contributed by atoms with van der Waals surface area (Å²) in [6.07, 6.45) is 1.09. The minimum Gasteiger partial charge on any atom is -0.481 e. The van der Waals surface area contributed by atoms with Crippen LogP contribution in [0, 0.1) is 11.8 Å². The first kappa shape index (κ1) is 13.9. The summed E-state index contributed by atoms with van der Waals surface area (Å²) in [5, 5.41) is 17.8. The summed E-state index contributed by atoms with van der Waals surface area (Å²) >= 11 is 0.